The van der Waals surface area contributed by atoms with Crippen LogP contribution in [-0.2, 0) is 18.2 Å². The van der Waals surface area contributed by atoms with Gasteiger partial charge < -0.3 is 14.5 Å². The fourth-order valence-electron chi connectivity index (χ4n) is 3.67. The maximum atomic E-state index is 12.7. The highest BCUT2D eigenvalue weighted by Crippen LogP contribution is 2.25. The molecule has 2 aromatic rings. The molecule has 30 heavy (non-hydrogen) atoms. The van der Waals surface area contributed by atoms with E-state index in [0.29, 0.717) is 30.4 Å². The molecular weight excluding hydrogens is 386 g/mol. The van der Waals surface area contributed by atoms with Gasteiger partial charge in [0.2, 0.25) is 5.95 Å². The van der Waals surface area contributed by atoms with Crippen LogP contribution in [0.15, 0.2) is 10.9 Å². The number of rotatable bonds is 3. The number of carbonyl (C=O) groups excluding carboxylic acids is 1. The maximum Gasteiger partial charge on any atom is 0.410 e. The van der Waals surface area contributed by atoms with E-state index in [1.807, 2.05) is 39.5 Å². The monoisotopic (exact) mass is 415 g/mol. The molecule has 2 aromatic heterocycles. The summed E-state index contributed by atoms with van der Waals surface area (Å²) in [6, 6.07) is 3.62. The van der Waals surface area contributed by atoms with Crippen molar-refractivity contribution >= 4 is 17.7 Å². The number of piperazine rings is 1. The number of nitriles is 1. The normalized spacial score (nSPS) is 19.8. The van der Waals surface area contributed by atoms with E-state index in [9.17, 15) is 9.59 Å². The third-order valence-corrected chi connectivity index (χ3v) is 5.21. The van der Waals surface area contributed by atoms with Gasteiger partial charge in [0.25, 0.3) is 0 Å². The largest absolute Gasteiger partial charge is 0.444 e. The number of aryl methyl sites for hydroxylation is 1. The van der Waals surface area contributed by atoms with Crippen molar-refractivity contribution < 1.29 is 9.53 Å². The molecule has 1 fully saturated rings. The summed E-state index contributed by atoms with van der Waals surface area (Å²) in [7, 11) is 1.63. The molecule has 0 aliphatic carbocycles. The fraction of sp³-hybridized carbons (Fsp3) is 0.650. The Morgan fingerprint density at radius 1 is 1.37 bits per heavy atom. The van der Waals surface area contributed by atoms with Gasteiger partial charge in [-0.1, -0.05) is 6.92 Å². The van der Waals surface area contributed by atoms with Crippen LogP contribution in [-0.4, -0.2) is 60.9 Å². The van der Waals surface area contributed by atoms with Crippen LogP contribution in [0.1, 0.15) is 46.7 Å². The summed E-state index contributed by atoms with van der Waals surface area (Å²) in [5.41, 5.74) is 0.191. The number of nitrogens with zero attached hydrogens (tertiary/aromatic N) is 7. The number of hydrogen-bond acceptors (Lipinski definition) is 7. The second kappa shape index (κ2) is 7.97. The molecule has 1 aliphatic heterocycles. The highest BCUT2D eigenvalue weighted by molar-refractivity contribution is 5.69. The summed E-state index contributed by atoms with van der Waals surface area (Å²) in [4.78, 5) is 33.2. The van der Waals surface area contributed by atoms with Gasteiger partial charge in [-0.05, 0) is 34.1 Å². The van der Waals surface area contributed by atoms with Gasteiger partial charge in [0, 0.05) is 32.2 Å². The smallest absolute Gasteiger partial charge is 0.410 e. The molecule has 2 atom stereocenters. The zero-order valence-corrected chi connectivity index (χ0v) is 18.4. The van der Waals surface area contributed by atoms with Crippen LogP contribution in [0, 0.1) is 11.3 Å². The zero-order valence-electron chi connectivity index (χ0n) is 18.4. The van der Waals surface area contributed by atoms with E-state index in [-0.39, 0.29) is 24.6 Å². The summed E-state index contributed by atoms with van der Waals surface area (Å²) in [6.07, 6.45) is 0.544. The van der Waals surface area contributed by atoms with E-state index in [1.54, 1.807) is 22.5 Å². The van der Waals surface area contributed by atoms with Crippen molar-refractivity contribution in [2.24, 2.45) is 7.05 Å². The Hall–Kier alpha value is -3.09. The molecule has 0 radical (unpaired) electrons. The van der Waals surface area contributed by atoms with Crippen molar-refractivity contribution in [3.63, 3.8) is 0 Å². The third kappa shape index (κ3) is 4.10. The van der Waals surface area contributed by atoms with Gasteiger partial charge in [0.1, 0.15) is 11.2 Å². The molecule has 0 spiro atoms. The first kappa shape index (κ1) is 21.6. The molecule has 162 valence electrons. The number of carbonyl (C=O) groups is 1. The lowest BCUT2D eigenvalue weighted by atomic mass is 10.1. The SMILES string of the molecule is CC[C@@H]1CN(c2nc(=O)n(C)c3cc(CC#N)nn23)[C@@H](C)CN1C(=O)OC(C)(C)C. The van der Waals surface area contributed by atoms with Crippen LogP contribution in [0.3, 0.4) is 0 Å². The minimum atomic E-state index is -0.568. The van der Waals surface area contributed by atoms with Crippen molar-refractivity contribution in [2.75, 3.05) is 18.0 Å². The summed E-state index contributed by atoms with van der Waals surface area (Å²) in [6.45, 7) is 10.5. The van der Waals surface area contributed by atoms with Crippen molar-refractivity contribution in [1.82, 2.24) is 24.1 Å². The van der Waals surface area contributed by atoms with Crippen LogP contribution >= 0.6 is 0 Å². The quantitative estimate of drug-likeness (QED) is 0.751. The molecule has 0 N–H and O–H groups in total. The lowest BCUT2D eigenvalue weighted by Crippen LogP contribution is -2.60. The number of ether oxygens (including phenoxy) is 1. The predicted molar refractivity (Wildman–Crippen MR) is 111 cm³/mol. The summed E-state index contributed by atoms with van der Waals surface area (Å²) < 4.78 is 8.61. The van der Waals surface area contributed by atoms with E-state index in [1.165, 1.54) is 4.57 Å². The lowest BCUT2D eigenvalue weighted by molar-refractivity contribution is 0.0105. The number of amides is 1. The van der Waals surface area contributed by atoms with Crippen molar-refractivity contribution in [1.29, 1.82) is 5.26 Å². The van der Waals surface area contributed by atoms with Crippen molar-refractivity contribution in [2.45, 2.75) is 65.1 Å². The van der Waals surface area contributed by atoms with Gasteiger partial charge in [-0.15, -0.1) is 0 Å². The Morgan fingerprint density at radius 2 is 2.07 bits per heavy atom. The van der Waals surface area contributed by atoms with E-state index in [2.05, 4.69) is 16.2 Å². The van der Waals surface area contributed by atoms with Gasteiger partial charge in [-0.2, -0.15) is 19.9 Å². The lowest BCUT2D eigenvalue weighted by Gasteiger charge is -2.45. The second-order valence-corrected chi connectivity index (χ2v) is 8.69. The number of fused-ring (bicyclic) bond motifs is 1. The zero-order chi connectivity index (χ0) is 22.2. The molecule has 1 saturated heterocycles. The molecule has 0 saturated carbocycles. The van der Waals surface area contributed by atoms with Crippen LogP contribution in [0.5, 0.6) is 0 Å². The molecule has 0 bridgehead atoms. The molecule has 10 nitrogen and oxygen atoms in total. The first-order valence-corrected chi connectivity index (χ1v) is 10.1. The van der Waals surface area contributed by atoms with Gasteiger partial charge in [-0.25, -0.2) is 9.59 Å². The van der Waals surface area contributed by atoms with Gasteiger partial charge in [0.05, 0.1) is 24.2 Å². The summed E-state index contributed by atoms with van der Waals surface area (Å²) >= 11 is 0. The van der Waals surface area contributed by atoms with Crippen LogP contribution in [0.25, 0.3) is 5.65 Å². The average molecular weight is 415 g/mol. The molecule has 1 amide bonds. The standard InChI is InChI=1S/C20H29N7O3/c1-7-15-12-25(13(2)11-26(15)19(29)30-20(3,4)5)17-22-18(28)24(6)16-10-14(8-9-21)23-27(16)17/h10,13,15H,7-8,11-12H2,1-6H3/t13-,15+/m0/s1. The fourth-order valence-corrected chi connectivity index (χ4v) is 3.67. The number of anilines is 1. The molecule has 0 unspecified atom stereocenters. The van der Waals surface area contributed by atoms with Gasteiger partial charge >= 0.3 is 11.8 Å². The van der Waals surface area contributed by atoms with Crippen molar-refractivity contribution in [3.8, 4) is 6.07 Å². The molecule has 3 heterocycles. The second-order valence-electron chi connectivity index (χ2n) is 8.69. The molecule has 3 rings (SSSR count). The van der Waals surface area contributed by atoms with Crippen molar-refractivity contribution in [3.05, 3.63) is 22.2 Å². The van der Waals surface area contributed by atoms with Gasteiger partial charge in [0.15, 0.2) is 0 Å². The minimum absolute atomic E-state index is 0.0916. The Balaban J connectivity index is 1.98. The Bertz CT molecular complexity index is 1040. The Morgan fingerprint density at radius 3 is 2.67 bits per heavy atom. The predicted octanol–water partition coefficient (Wildman–Crippen LogP) is 1.72. The third-order valence-electron chi connectivity index (χ3n) is 5.21. The number of aromatic nitrogens is 4. The van der Waals surface area contributed by atoms with E-state index in [4.69, 9.17) is 10.00 Å². The maximum absolute atomic E-state index is 12.7. The highest BCUT2D eigenvalue weighted by atomic mass is 16.6. The molecular formula is C20H29N7O3. The summed E-state index contributed by atoms with van der Waals surface area (Å²) in [5.74, 6) is 0.423. The van der Waals surface area contributed by atoms with E-state index < -0.39 is 11.3 Å². The first-order valence-electron chi connectivity index (χ1n) is 10.1. The molecule has 1 aliphatic rings. The Labute approximate surface area is 175 Å². The number of hydrogen-bond donors (Lipinski definition) is 0. The topological polar surface area (TPSA) is 109 Å². The van der Waals surface area contributed by atoms with Crippen LogP contribution < -0.4 is 10.6 Å². The minimum Gasteiger partial charge on any atom is -0.444 e. The first-order chi connectivity index (χ1) is 14.1. The highest BCUT2D eigenvalue weighted by Gasteiger charge is 2.37. The van der Waals surface area contributed by atoms with Crippen LogP contribution in [0.4, 0.5) is 10.7 Å². The van der Waals surface area contributed by atoms with E-state index in [0.717, 1.165) is 6.42 Å². The van der Waals surface area contributed by atoms with Gasteiger partial charge in [-0.3, -0.25) is 4.57 Å². The average Bonchev–Trinajstić information content (AvgIpc) is 3.08. The molecule has 0 aromatic carbocycles. The molecule has 10 heteroatoms. The summed E-state index contributed by atoms with van der Waals surface area (Å²) in [5, 5.41) is 13.5. The van der Waals surface area contributed by atoms with E-state index >= 15 is 0 Å². The Kier molecular flexibility index (Phi) is 5.74. The van der Waals surface area contributed by atoms with Crippen LogP contribution in [0.2, 0.25) is 0 Å².